The summed E-state index contributed by atoms with van der Waals surface area (Å²) >= 11 is 0. The molecule has 3 rings (SSSR count). The normalized spacial score (nSPS) is 16.5. The van der Waals surface area contributed by atoms with Crippen molar-refractivity contribution in [2.24, 2.45) is 5.92 Å². The Morgan fingerprint density at radius 1 is 1.30 bits per heavy atom. The SMILES string of the molecule is CC(C)CCNC1(Cc2cc(-c3cccc(O)c3)on2)COC1. The lowest BCUT2D eigenvalue weighted by molar-refractivity contribution is -0.0747. The second kappa shape index (κ2) is 6.72. The number of nitrogens with zero attached hydrogens (tertiary/aromatic N) is 1. The number of nitrogens with one attached hydrogen (secondary N) is 1. The second-order valence-electron chi connectivity index (χ2n) is 6.79. The summed E-state index contributed by atoms with van der Waals surface area (Å²) in [6, 6.07) is 8.95. The van der Waals surface area contributed by atoms with Gasteiger partial charge >= 0.3 is 0 Å². The van der Waals surface area contributed by atoms with Crippen LogP contribution in [0.15, 0.2) is 34.9 Å². The van der Waals surface area contributed by atoms with E-state index in [0.29, 0.717) is 24.9 Å². The molecule has 1 aliphatic heterocycles. The molecule has 0 unspecified atom stereocenters. The van der Waals surface area contributed by atoms with Gasteiger partial charge in [-0.25, -0.2) is 0 Å². The van der Waals surface area contributed by atoms with Gasteiger partial charge in [-0.2, -0.15) is 0 Å². The third kappa shape index (κ3) is 3.92. The van der Waals surface area contributed by atoms with E-state index in [4.69, 9.17) is 9.26 Å². The van der Waals surface area contributed by atoms with Crippen molar-refractivity contribution in [3.05, 3.63) is 36.0 Å². The van der Waals surface area contributed by atoms with Crippen LogP contribution in [0.2, 0.25) is 0 Å². The molecule has 2 aromatic rings. The molecule has 124 valence electrons. The molecule has 0 spiro atoms. The predicted molar refractivity (Wildman–Crippen MR) is 88.3 cm³/mol. The van der Waals surface area contributed by atoms with Crippen molar-refractivity contribution < 1.29 is 14.4 Å². The van der Waals surface area contributed by atoms with Crippen molar-refractivity contribution in [3.8, 4) is 17.1 Å². The van der Waals surface area contributed by atoms with Crippen LogP contribution in [0, 0.1) is 5.92 Å². The molecule has 1 saturated heterocycles. The van der Waals surface area contributed by atoms with E-state index in [-0.39, 0.29) is 11.3 Å². The summed E-state index contributed by atoms with van der Waals surface area (Å²) in [6.45, 7) is 6.85. The van der Waals surface area contributed by atoms with Crippen molar-refractivity contribution in [2.45, 2.75) is 32.2 Å². The van der Waals surface area contributed by atoms with Crippen LogP contribution in [0.1, 0.15) is 26.0 Å². The maximum Gasteiger partial charge on any atom is 0.167 e. The van der Waals surface area contributed by atoms with E-state index < -0.39 is 0 Å². The van der Waals surface area contributed by atoms with Gasteiger partial charge in [-0.15, -0.1) is 0 Å². The summed E-state index contributed by atoms with van der Waals surface area (Å²) in [4.78, 5) is 0. The van der Waals surface area contributed by atoms with Crippen molar-refractivity contribution in [1.82, 2.24) is 10.5 Å². The molecule has 1 fully saturated rings. The van der Waals surface area contributed by atoms with Crippen LogP contribution in [-0.2, 0) is 11.2 Å². The Kier molecular flexibility index (Phi) is 4.68. The van der Waals surface area contributed by atoms with E-state index in [0.717, 1.165) is 30.6 Å². The molecule has 5 heteroatoms. The Morgan fingerprint density at radius 2 is 2.13 bits per heavy atom. The average Bonchev–Trinajstić information content (AvgIpc) is 2.92. The lowest BCUT2D eigenvalue weighted by Gasteiger charge is -2.42. The molecule has 23 heavy (non-hydrogen) atoms. The van der Waals surface area contributed by atoms with Gasteiger partial charge in [0.15, 0.2) is 5.76 Å². The van der Waals surface area contributed by atoms with Crippen molar-refractivity contribution in [3.63, 3.8) is 0 Å². The number of hydrogen-bond acceptors (Lipinski definition) is 5. The standard InChI is InChI=1S/C18H24N2O3/c1-13(2)6-7-19-18(11-22-12-18)10-15-9-17(23-20-15)14-4-3-5-16(21)8-14/h3-5,8-9,13,19,21H,6-7,10-12H2,1-2H3. The fraction of sp³-hybridized carbons (Fsp3) is 0.500. The number of ether oxygens (including phenoxy) is 1. The average molecular weight is 316 g/mol. The van der Waals surface area contributed by atoms with E-state index >= 15 is 0 Å². The molecule has 1 aromatic heterocycles. The smallest absolute Gasteiger partial charge is 0.167 e. The summed E-state index contributed by atoms with van der Waals surface area (Å²) in [6.07, 6.45) is 1.93. The first-order valence-corrected chi connectivity index (χ1v) is 8.14. The monoisotopic (exact) mass is 316 g/mol. The summed E-state index contributed by atoms with van der Waals surface area (Å²) in [7, 11) is 0. The lowest BCUT2D eigenvalue weighted by Crippen LogP contribution is -2.62. The van der Waals surface area contributed by atoms with Gasteiger partial charge in [0.05, 0.1) is 24.4 Å². The Balaban J connectivity index is 1.65. The molecule has 0 bridgehead atoms. The van der Waals surface area contributed by atoms with Crippen molar-refractivity contribution in [1.29, 1.82) is 0 Å². The van der Waals surface area contributed by atoms with Gasteiger partial charge in [0.25, 0.3) is 0 Å². The maximum atomic E-state index is 9.57. The Hall–Kier alpha value is -1.85. The van der Waals surface area contributed by atoms with E-state index in [1.165, 1.54) is 0 Å². The molecule has 1 aliphatic rings. The van der Waals surface area contributed by atoms with Crippen LogP contribution < -0.4 is 5.32 Å². The van der Waals surface area contributed by atoms with E-state index in [1.54, 1.807) is 18.2 Å². The highest BCUT2D eigenvalue weighted by Crippen LogP contribution is 2.27. The predicted octanol–water partition coefficient (Wildman–Crippen LogP) is 2.99. The largest absolute Gasteiger partial charge is 0.508 e. The minimum absolute atomic E-state index is 0.0259. The number of hydrogen-bond donors (Lipinski definition) is 2. The first kappa shape index (κ1) is 16.0. The lowest BCUT2D eigenvalue weighted by atomic mass is 9.90. The van der Waals surface area contributed by atoms with Gasteiger partial charge in [0, 0.05) is 18.1 Å². The summed E-state index contributed by atoms with van der Waals surface area (Å²) in [5, 5.41) is 17.4. The van der Waals surface area contributed by atoms with Crippen LogP contribution in [0.25, 0.3) is 11.3 Å². The number of phenols is 1. The van der Waals surface area contributed by atoms with Crippen LogP contribution in [0.5, 0.6) is 5.75 Å². The molecule has 2 N–H and O–H groups in total. The van der Waals surface area contributed by atoms with E-state index in [9.17, 15) is 5.11 Å². The fourth-order valence-corrected chi connectivity index (χ4v) is 2.78. The topological polar surface area (TPSA) is 67.5 Å². The molecule has 0 amide bonds. The molecular weight excluding hydrogens is 292 g/mol. The summed E-state index contributed by atoms with van der Waals surface area (Å²) in [5.41, 5.74) is 1.71. The molecule has 5 nitrogen and oxygen atoms in total. The quantitative estimate of drug-likeness (QED) is 0.822. The zero-order valence-electron chi connectivity index (χ0n) is 13.7. The fourth-order valence-electron chi connectivity index (χ4n) is 2.78. The summed E-state index contributed by atoms with van der Waals surface area (Å²) in [5.74, 6) is 1.58. The number of rotatable bonds is 7. The molecule has 0 radical (unpaired) electrons. The maximum absolute atomic E-state index is 9.57. The minimum Gasteiger partial charge on any atom is -0.508 e. The number of aromatic hydroxyl groups is 1. The van der Waals surface area contributed by atoms with E-state index in [1.807, 2.05) is 12.1 Å². The zero-order valence-corrected chi connectivity index (χ0v) is 13.7. The number of phenolic OH excluding ortho intramolecular Hbond substituents is 1. The third-order valence-electron chi connectivity index (χ3n) is 4.19. The van der Waals surface area contributed by atoms with Crippen LogP contribution in [-0.4, -0.2) is 35.6 Å². The highest BCUT2D eigenvalue weighted by Gasteiger charge is 2.39. The van der Waals surface area contributed by atoms with Crippen molar-refractivity contribution >= 4 is 0 Å². The highest BCUT2D eigenvalue weighted by molar-refractivity contribution is 5.59. The Morgan fingerprint density at radius 3 is 2.78 bits per heavy atom. The van der Waals surface area contributed by atoms with Crippen LogP contribution >= 0.6 is 0 Å². The Labute approximate surface area is 136 Å². The third-order valence-corrected chi connectivity index (χ3v) is 4.19. The summed E-state index contributed by atoms with van der Waals surface area (Å²) < 4.78 is 10.9. The molecule has 0 saturated carbocycles. The van der Waals surface area contributed by atoms with Gasteiger partial charge in [-0.3, -0.25) is 0 Å². The molecular formula is C18H24N2O3. The molecule has 0 atom stereocenters. The minimum atomic E-state index is -0.0259. The van der Waals surface area contributed by atoms with Crippen LogP contribution in [0.4, 0.5) is 0 Å². The van der Waals surface area contributed by atoms with Gasteiger partial charge in [0.1, 0.15) is 5.75 Å². The zero-order chi connectivity index (χ0) is 16.3. The van der Waals surface area contributed by atoms with Gasteiger partial charge < -0.3 is 19.7 Å². The molecule has 0 aliphatic carbocycles. The number of aromatic nitrogens is 1. The highest BCUT2D eigenvalue weighted by atomic mass is 16.5. The van der Waals surface area contributed by atoms with Crippen molar-refractivity contribution in [2.75, 3.05) is 19.8 Å². The first-order chi connectivity index (χ1) is 11.1. The second-order valence-corrected chi connectivity index (χ2v) is 6.79. The Bertz CT molecular complexity index is 647. The first-order valence-electron chi connectivity index (χ1n) is 8.14. The van der Waals surface area contributed by atoms with Gasteiger partial charge in [0.2, 0.25) is 0 Å². The number of benzene rings is 1. The molecule has 1 aromatic carbocycles. The van der Waals surface area contributed by atoms with Crippen LogP contribution in [0.3, 0.4) is 0 Å². The van der Waals surface area contributed by atoms with E-state index in [2.05, 4.69) is 24.3 Å². The van der Waals surface area contributed by atoms with Gasteiger partial charge in [-0.1, -0.05) is 31.1 Å². The van der Waals surface area contributed by atoms with Gasteiger partial charge in [-0.05, 0) is 31.0 Å². The molecule has 2 heterocycles.